The van der Waals surface area contributed by atoms with E-state index in [4.69, 9.17) is 19.3 Å². The van der Waals surface area contributed by atoms with Crippen LogP contribution >= 0.6 is 0 Å². The van der Waals surface area contributed by atoms with E-state index in [9.17, 15) is 19.2 Å². The Morgan fingerprint density at radius 3 is 2.21 bits per heavy atom. The Labute approximate surface area is 228 Å². The topological polar surface area (TPSA) is 128 Å². The molecule has 9 nitrogen and oxygen atoms in total. The molecule has 3 rings (SSSR count). The molecule has 0 radical (unpaired) electrons. The van der Waals surface area contributed by atoms with Gasteiger partial charge in [-0.3, -0.25) is 14.4 Å². The number of carbonyl (C=O) groups excluding carboxylic acids is 3. The zero-order valence-electron chi connectivity index (χ0n) is 22.3. The summed E-state index contributed by atoms with van der Waals surface area (Å²) < 4.78 is 15.6. The maximum Gasteiger partial charge on any atom is 0.511 e. The lowest BCUT2D eigenvalue weighted by Gasteiger charge is -2.22. The second kappa shape index (κ2) is 15.5. The second-order valence-electron chi connectivity index (χ2n) is 9.77. The summed E-state index contributed by atoms with van der Waals surface area (Å²) in [7, 11) is 0. The number of ether oxygens (including phenoxy) is 3. The Morgan fingerprint density at radius 2 is 1.54 bits per heavy atom. The highest BCUT2D eigenvalue weighted by Gasteiger charge is 2.22. The van der Waals surface area contributed by atoms with Crippen molar-refractivity contribution in [3.63, 3.8) is 0 Å². The third-order valence-electron chi connectivity index (χ3n) is 6.55. The van der Waals surface area contributed by atoms with Crippen LogP contribution in [0.4, 0.5) is 4.79 Å². The standard InChI is InChI=1S/C30H37NO8/c1-21(38-30(36)39-26-10-6-3-7-11-26)37-29(35)19-16-25(31-27(32)17-18-28(33)34)20-22-12-14-24(15-13-22)23-8-4-2-5-9-23/h2,4-5,8-9,12-15,21,25-26H,3,6-7,10-11,16-20H2,1H3,(H,31,32)(H,33,34). The molecule has 1 aliphatic rings. The van der Waals surface area contributed by atoms with Crippen molar-refractivity contribution >= 4 is 24.0 Å². The SMILES string of the molecule is CC(OC(=O)CCC(Cc1ccc(-c2ccccc2)cc1)NC(=O)CCC(=O)O)OC(=O)OC1CCCCC1. The number of benzene rings is 2. The fraction of sp³-hybridized carbons (Fsp3) is 0.467. The van der Waals surface area contributed by atoms with Crippen molar-refractivity contribution < 1.29 is 38.5 Å². The molecule has 1 saturated carbocycles. The van der Waals surface area contributed by atoms with Gasteiger partial charge < -0.3 is 24.6 Å². The Balaban J connectivity index is 1.51. The molecule has 0 saturated heterocycles. The van der Waals surface area contributed by atoms with E-state index < -0.39 is 36.3 Å². The number of carboxylic acid groups (broad SMARTS) is 1. The molecule has 0 spiro atoms. The molecule has 1 fully saturated rings. The highest BCUT2D eigenvalue weighted by atomic mass is 16.8. The Hall–Kier alpha value is -3.88. The number of esters is 1. The molecular formula is C30H37NO8. The number of rotatable bonds is 13. The first-order valence-corrected chi connectivity index (χ1v) is 13.5. The molecule has 210 valence electrons. The summed E-state index contributed by atoms with van der Waals surface area (Å²) >= 11 is 0. The van der Waals surface area contributed by atoms with Crippen molar-refractivity contribution in [3.05, 3.63) is 60.2 Å². The van der Waals surface area contributed by atoms with Crippen LogP contribution < -0.4 is 5.32 Å². The van der Waals surface area contributed by atoms with Gasteiger partial charge in [0.05, 0.1) is 6.42 Å². The van der Waals surface area contributed by atoms with Crippen molar-refractivity contribution in [2.45, 2.75) is 89.6 Å². The van der Waals surface area contributed by atoms with Crippen LogP contribution in [0.15, 0.2) is 54.6 Å². The van der Waals surface area contributed by atoms with Gasteiger partial charge in [0.2, 0.25) is 12.2 Å². The normalized spacial score (nSPS) is 15.0. The van der Waals surface area contributed by atoms with Gasteiger partial charge in [0.1, 0.15) is 6.10 Å². The Kier molecular flexibility index (Phi) is 11.8. The lowest BCUT2D eigenvalue weighted by Crippen LogP contribution is -2.37. The van der Waals surface area contributed by atoms with Gasteiger partial charge in [0.25, 0.3) is 0 Å². The predicted octanol–water partition coefficient (Wildman–Crippen LogP) is 5.40. The van der Waals surface area contributed by atoms with Crippen LogP contribution in [0.1, 0.15) is 70.3 Å². The first-order valence-electron chi connectivity index (χ1n) is 13.5. The van der Waals surface area contributed by atoms with Crippen LogP contribution in [-0.4, -0.2) is 47.5 Å². The average molecular weight is 540 g/mol. The van der Waals surface area contributed by atoms with Crippen LogP contribution in [0.2, 0.25) is 0 Å². The predicted molar refractivity (Wildman–Crippen MR) is 144 cm³/mol. The van der Waals surface area contributed by atoms with E-state index in [1.54, 1.807) is 0 Å². The van der Waals surface area contributed by atoms with Crippen LogP contribution in [0.3, 0.4) is 0 Å². The van der Waals surface area contributed by atoms with Gasteiger partial charge >= 0.3 is 18.1 Å². The lowest BCUT2D eigenvalue weighted by molar-refractivity contribution is -0.169. The third-order valence-corrected chi connectivity index (χ3v) is 6.55. The molecule has 0 aromatic heterocycles. The molecular weight excluding hydrogens is 502 g/mol. The maximum absolute atomic E-state index is 12.4. The summed E-state index contributed by atoms with van der Waals surface area (Å²) in [6.07, 6.45) is 2.86. The van der Waals surface area contributed by atoms with Crippen molar-refractivity contribution in [3.8, 4) is 11.1 Å². The summed E-state index contributed by atoms with van der Waals surface area (Å²) in [5.41, 5.74) is 3.10. The average Bonchev–Trinajstić information content (AvgIpc) is 2.92. The van der Waals surface area contributed by atoms with Crippen LogP contribution in [0.5, 0.6) is 0 Å². The van der Waals surface area contributed by atoms with Crippen molar-refractivity contribution in [2.24, 2.45) is 0 Å². The molecule has 2 aromatic carbocycles. The smallest absolute Gasteiger partial charge is 0.481 e. The molecule has 1 aliphatic carbocycles. The van der Waals surface area contributed by atoms with Crippen LogP contribution in [-0.2, 0) is 35.0 Å². The number of hydrogen-bond donors (Lipinski definition) is 2. The lowest BCUT2D eigenvalue weighted by atomic mass is 9.98. The zero-order chi connectivity index (χ0) is 28.0. The highest BCUT2D eigenvalue weighted by molar-refractivity contribution is 5.81. The summed E-state index contributed by atoms with van der Waals surface area (Å²) in [5, 5.41) is 11.7. The third kappa shape index (κ3) is 11.2. The van der Waals surface area contributed by atoms with E-state index in [-0.39, 0.29) is 31.8 Å². The molecule has 2 aromatic rings. The molecule has 0 heterocycles. The largest absolute Gasteiger partial charge is 0.511 e. The molecule has 0 aliphatic heterocycles. The molecule has 39 heavy (non-hydrogen) atoms. The molecule has 2 atom stereocenters. The van der Waals surface area contributed by atoms with Gasteiger partial charge in [-0.05, 0) is 55.2 Å². The van der Waals surface area contributed by atoms with E-state index in [2.05, 4.69) is 5.32 Å². The van der Waals surface area contributed by atoms with Gasteiger partial charge in [-0.25, -0.2) is 4.79 Å². The van der Waals surface area contributed by atoms with E-state index in [0.717, 1.165) is 48.8 Å². The van der Waals surface area contributed by atoms with E-state index in [0.29, 0.717) is 6.42 Å². The van der Waals surface area contributed by atoms with Crippen molar-refractivity contribution in [1.82, 2.24) is 5.32 Å². The number of hydrogen-bond acceptors (Lipinski definition) is 7. The number of amides is 1. The monoisotopic (exact) mass is 539 g/mol. The zero-order valence-corrected chi connectivity index (χ0v) is 22.3. The van der Waals surface area contributed by atoms with Crippen molar-refractivity contribution in [1.29, 1.82) is 0 Å². The minimum Gasteiger partial charge on any atom is -0.481 e. The molecule has 2 unspecified atom stereocenters. The second-order valence-corrected chi connectivity index (χ2v) is 9.77. The number of aliphatic carboxylic acids is 1. The Bertz CT molecular complexity index is 1080. The molecule has 9 heteroatoms. The summed E-state index contributed by atoms with van der Waals surface area (Å²) in [6, 6.07) is 17.4. The number of nitrogens with one attached hydrogen (secondary N) is 1. The summed E-state index contributed by atoms with van der Waals surface area (Å²) in [4.78, 5) is 47.6. The van der Waals surface area contributed by atoms with Crippen molar-refractivity contribution in [2.75, 3.05) is 0 Å². The first-order chi connectivity index (χ1) is 18.8. The molecule has 0 bridgehead atoms. The fourth-order valence-electron chi connectivity index (χ4n) is 4.54. The summed E-state index contributed by atoms with van der Waals surface area (Å²) in [5.74, 6) is -2.05. The van der Waals surface area contributed by atoms with Gasteiger partial charge in [0, 0.05) is 25.8 Å². The summed E-state index contributed by atoms with van der Waals surface area (Å²) in [6.45, 7) is 1.44. The quantitative estimate of drug-likeness (QED) is 0.256. The van der Waals surface area contributed by atoms with E-state index in [1.807, 2.05) is 54.6 Å². The van der Waals surface area contributed by atoms with E-state index in [1.165, 1.54) is 6.92 Å². The van der Waals surface area contributed by atoms with Crippen LogP contribution in [0, 0.1) is 0 Å². The van der Waals surface area contributed by atoms with Crippen LogP contribution in [0.25, 0.3) is 11.1 Å². The molecule has 1 amide bonds. The minimum absolute atomic E-state index is 0.0304. The first kappa shape index (κ1) is 29.7. The maximum atomic E-state index is 12.4. The number of carboxylic acids is 1. The minimum atomic E-state index is -1.11. The van der Waals surface area contributed by atoms with E-state index >= 15 is 0 Å². The number of carbonyl (C=O) groups is 4. The fourth-order valence-corrected chi connectivity index (χ4v) is 4.54. The van der Waals surface area contributed by atoms with Gasteiger partial charge in [-0.2, -0.15) is 0 Å². The van der Waals surface area contributed by atoms with Gasteiger partial charge in [0.15, 0.2) is 0 Å². The van der Waals surface area contributed by atoms with Gasteiger partial charge in [-0.1, -0.05) is 61.0 Å². The highest BCUT2D eigenvalue weighted by Crippen LogP contribution is 2.22. The Morgan fingerprint density at radius 1 is 0.872 bits per heavy atom. The van der Waals surface area contributed by atoms with Gasteiger partial charge in [-0.15, -0.1) is 0 Å². The molecule has 2 N–H and O–H groups in total.